The third-order valence-corrected chi connectivity index (χ3v) is 7.25. The average molecular weight is 465 g/mol. The maximum Gasteiger partial charge on any atom is 0.407 e. The maximum atomic E-state index is 12.8. The molecule has 2 aromatic rings. The predicted molar refractivity (Wildman–Crippen MR) is 128 cm³/mol. The van der Waals surface area contributed by atoms with Crippen LogP contribution in [0.4, 0.5) is 4.79 Å². The zero-order valence-electron chi connectivity index (χ0n) is 19.9. The first-order valence-corrected chi connectivity index (χ1v) is 11.9. The Morgan fingerprint density at radius 3 is 2.12 bits per heavy atom. The molecule has 34 heavy (non-hydrogen) atoms. The van der Waals surface area contributed by atoms with E-state index in [2.05, 4.69) is 29.6 Å². The highest BCUT2D eigenvalue weighted by Gasteiger charge is 2.39. The number of ether oxygens (including phenoxy) is 1. The number of nitrogens with zero attached hydrogens (tertiary/aromatic N) is 1. The van der Waals surface area contributed by atoms with Gasteiger partial charge in [0.2, 0.25) is 5.91 Å². The van der Waals surface area contributed by atoms with E-state index in [-0.39, 0.29) is 48.8 Å². The van der Waals surface area contributed by atoms with Crippen molar-refractivity contribution in [1.29, 1.82) is 0 Å². The molecule has 0 aromatic heterocycles. The van der Waals surface area contributed by atoms with Gasteiger partial charge in [0.1, 0.15) is 6.61 Å². The van der Waals surface area contributed by atoms with Crippen LogP contribution in [0.25, 0.3) is 11.1 Å². The van der Waals surface area contributed by atoms with Gasteiger partial charge in [-0.2, -0.15) is 0 Å². The molecule has 0 bridgehead atoms. The summed E-state index contributed by atoms with van der Waals surface area (Å²) in [5, 5.41) is 11.9. The Bertz CT molecular complexity index is 1030. The van der Waals surface area contributed by atoms with Gasteiger partial charge < -0.3 is 20.1 Å². The average Bonchev–Trinajstić information content (AvgIpc) is 3.09. The molecule has 4 rings (SSSR count). The first-order valence-electron chi connectivity index (χ1n) is 11.9. The SMILES string of the molecule is CC(C)[C@H](CC(=O)N(C)C1CC(C(=O)O)C1)NC(=O)OCC1c2ccccc2-c2ccccc21. The number of nitrogens with one attached hydrogen (secondary N) is 1. The van der Waals surface area contributed by atoms with Gasteiger partial charge in [0.05, 0.1) is 5.92 Å². The molecule has 1 fully saturated rings. The molecule has 0 unspecified atom stereocenters. The number of carboxylic acid groups (broad SMARTS) is 1. The van der Waals surface area contributed by atoms with Gasteiger partial charge in [0, 0.05) is 31.5 Å². The van der Waals surface area contributed by atoms with Crippen molar-refractivity contribution in [2.75, 3.05) is 13.7 Å². The molecule has 180 valence electrons. The monoisotopic (exact) mass is 464 g/mol. The number of alkyl carbamates (subject to hydrolysis) is 1. The third-order valence-electron chi connectivity index (χ3n) is 7.25. The molecule has 1 atom stereocenters. The second kappa shape index (κ2) is 9.87. The summed E-state index contributed by atoms with van der Waals surface area (Å²) in [6.45, 7) is 4.12. The van der Waals surface area contributed by atoms with E-state index in [9.17, 15) is 14.4 Å². The number of carbonyl (C=O) groups is 3. The van der Waals surface area contributed by atoms with Crippen LogP contribution in [0.5, 0.6) is 0 Å². The molecule has 1 saturated carbocycles. The summed E-state index contributed by atoms with van der Waals surface area (Å²) in [5.41, 5.74) is 4.63. The molecule has 0 spiro atoms. The molecule has 2 aliphatic rings. The van der Waals surface area contributed by atoms with Crippen LogP contribution in [0.15, 0.2) is 48.5 Å². The van der Waals surface area contributed by atoms with Crippen molar-refractivity contribution in [2.45, 2.75) is 51.1 Å². The van der Waals surface area contributed by atoms with Gasteiger partial charge in [-0.1, -0.05) is 62.4 Å². The van der Waals surface area contributed by atoms with E-state index in [1.165, 1.54) is 11.1 Å². The fraction of sp³-hybridized carbons (Fsp3) is 0.444. The van der Waals surface area contributed by atoms with E-state index in [4.69, 9.17) is 9.84 Å². The minimum absolute atomic E-state index is 0.0239. The Balaban J connectivity index is 1.33. The summed E-state index contributed by atoms with van der Waals surface area (Å²) in [7, 11) is 1.70. The van der Waals surface area contributed by atoms with Crippen molar-refractivity contribution >= 4 is 18.0 Å². The van der Waals surface area contributed by atoms with Crippen LogP contribution in [0, 0.1) is 11.8 Å². The minimum Gasteiger partial charge on any atom is -0.481 e. The highest BCUT2D eigenvalue weighted by Crippen LogP contribution is 2.44. The summed E-state index contributed by atoms with van der Waals surface area (Å²) in [4.78, 5) is 38.1. The van der Waals surface area contributed by atoms with Gasteiger partial charge in [0.25, 0.3) is 0 Å². The molecule has 2 N–H and O–H groups in total. The lowest BCUT2D eigenvalue weighted by Gasteiger charge is -2.39. The van der Waals surface area contributed by atoms with Gasteiger partial charge in [-0.3, -0.25) is 9.59 Å². The number of fused-ring (bicyclic) bond motifs is 3. The molecule has 7 heteroatoms. The van der Waals surface area contributed by atoms with Crippen molar-refractivity contribution in [1.82, 2.24) is 10.2 Å². The Morgan fingerprint density at radius 1 is 1.03 bits per heavy atom. The number of rotatable bonds is 8. The summed E-state index contributed by atoms with van der Waals surface area (Å²) < 4.78 is 5.64. The van der Waals surface area contributed by atoms with E-state index in [0.717, 1.165) is 11.1 Å². The fourth-order valence-electron chi connectivity index (χ4n) is 4.89. The lowest BCUT2D eigenvalue weighted by molar-refractivity contribution is -0.150. The molecule has 0 radical (unpaired) electrons. The highest BCUT2D eigenvalue weighted by molar-refractivity contribution is 5.80. The van der Waals surface area contributed by atoms with Crippen LogP contribution >= 0.6 is 0 Å². The first-order chi connectivity index (χ1) is 16.3. The quantitative estimate of drug-likeness (QED) is 0.609. The van der Waals surface area contributed by atoms with E-state index in [0.29, 0.717) is 12.8 Å². The maximum absolute atomic E-state index is 12.8. The topological polar surface area (TPSA) is 95.9 Å². The number of hydrogen-bond acceptors (Lipinski definition) is 4. The fourth-order valence-corrected chi connectivity index (χ4v) is 4.89. The van der Waals surface area contributed by atoms with Crippen LogP contribution in [-0.2, 0) is 14.3 Å². The largest absolute Gasteiger partial charge is 0.481 e. The number of aliphatic carboxylic acids is 1. The van der Waals surface area contributed by atoms with Crippen LogP contribution < -0.4 is 5.32 Å². The van der Waals surface area contributed by atoms with Crippen LogP contribution in [0.2, 0.25) is 0 Å². The van der Waals surface area contributed by atoms with Crippen molar-refractivity contribution in [2.24, 2.45) is 11.8 Å². The smallest absolute Gasteiger partial charge is 0.407 e. The summed E-state index contributed by atoms with van der Waals surface area (Å²) >= 11 is 0. The molecular weight excluding hydrogens is 432 g/mol. The number of carboxylic acids is 1. The van der Waals surface area contributed by atoms with E-state index >= 15 is 0 Å². The van der Waals surface area contributed by atoms with E-state index in [1.54, 1.807) is 11.9 Å². The van der Waals surface area contributed by atoms with Crippen LogP contribution in [-0.4, -0.2) is 53.7 Å². The zero-order valence-corrected chi connectivity index (χ0v) is 19.9. The summed E-state index contributed by atoms with van der Waals surface area (Å²) in [6.07, 6.45) is 0.561. The Labute approximate surface area is 200 Å². The first kappa shape index (κ1) is 23.8. The summed E-state index contributed by atoms with van der Waals surface area (Å²) in [6, 6.07) is 15.9. The molecule has 2 amide bonds. The Hall–Kier alpha value is -3.35. The molecule has 7 nitrogen and oxygen atoms in total. The van der Waals surface area contributed by atoms with Crippen molar-refractivity contribution in [3.63, 3.8) is 0 Å². The normalized spacial score (nSPS) is 19.5. The summed E-state index contributed by atoms with van der Waals surface area (Å²) in [5.74, 6) is -1.28. The Morgan fingerprint density at radius 2 is 1.59 bits per heavy atom. The van der Waals surface area contributed by atoms with E-state index in [1.807, 2.05) is 38.1 Å². The number of amides is 2. The third kappa shape index (κ3) is 4.79. The lowest BCUT2D eigenvalue weighted by Crippen LogP contribution is -2.50. The van der Waals surface area contributed by atoms with Crippen molar-refractivity contribution < 1.29 is 24.2 Å². The standard InChI is InChI=1S/C27H32N2O5/c1-16(2)24(14-25(30)29(3)18-12-17(13-18)26(31)32)28-27(33)34-15-23-21-10-6-4-8-19(21)20-9-5-7-11-22(20)23/h4-11,16-18,23-24H,12-15H2,1-3H3,(H,28,33)(H,31,32)/t17?,18?,24-/m0/s1. The molecule has 0 aliphatic heterocycles. The lowest BCUT2D eigenvalue weighted by atomic mass is 9.79. The molecule has 2 aromatic carbocycles. The minimum atomic E-state index is -0.811. The van der Waals surface area contributed by atoms with Gasteiger partial charge in [-0.25, -0.2) is 4.79 Å². The van der Waals surface area contributed by atoms with Crippen LogP contribution in [0.3, 0.4) is 0 Å². The van der Waals surface area contributed by atoms with Gasteiger partial charge >= 0.3 is 12.1 Å². The second-order valence-electron chi connectivity index (χ2n) is 9.69. The number of hydrogen-bond donors (Lipinski definition) is 2. The predicted octanol–water partition coefficient (Wildman–Crippen LogP) is 4.26. The number of benzene rings is 2. The molecule has 0 saturated heterocycles. The van der Waals surface area contributed by atoms with Crippen LogP contribution in [0.1, 0.15) is 50.2 Å². The van der Waals surface area contributed by atoms with Crippen molar-refractivity contribution in [3.8, 4) is 11.1 Å². The van der Waals surface area contributed by atoms with E-state index < -0.39 is 12.1 Å². The Kier molecular flexibility index (Phi) is 6.91. The second-order valence-corrected chi connectivity index (χ2v) is 9.69. The number of carbonyl (C=O) groups excluding carboxylic acids is 2. The van der Waals surface area contributed by atoms with Gasteiger partial charge in [-0.05, 0) is 41.0 Å². The molecule has 2 aliphatic carbocycles. The highest BCUT2D eigenvalue weighted by atomic mass is 16.5. The van der Waals surface area contributed by atoms with Gasteiger partial charge in [-0.15, -0.1) is 0 Å². The molecule has 0 heterocycles. The zero-order chi connectivity index (χ0) is 24.4. The van der Waals surface area contributed by atoms with Gasteiger partial charge in [0.15, 0.2) is 0 Å². The molecular formula is C27H32N2O5. The van der Waals surface area contributed by atoms with Crippen molar-refractivity contribution in [3.05, 3.63) is 59.7 Å².